The first-order chi connectivity index (χ1) is 11.6. The van der Waals surface area contributed by atoms with Crippen molar-refractivity contribution < 1.29 is 24.9 Å². The van der Waals surface area contributed by atoms with Gasteiger partial charge >= 0.3 is 5.97 Å². The number of carbonyl (C=O) groups is 1. The number of fused-ring (bicyclic) bond motifs is 1. The molecule has 1 saturated carbocycles. The monoisotopic (exact) mass is 346 g/mol. The molecule has 1 spiro atoms. The topological polar surface area (TPSA) is 87.0 Å². The van der Waals surface area contributed by atoms with Crippen LogP contribution in [0.1, 0.15) is 75.7 Å². The van der Waals surface area contributed by atoms with Gasteiger partial charge in [-0.1, -0.05) is 34.1 Å². The third-order valence-corrected chi connectivity index (χ3v) is 6.72. The third-order valence-electron chi connectivity index (χ3n) is 6.72. The van der Waals surface area contributed by atoms with Crippen molar-refractivity contribution in [3.8, 4) is 11.5 Å². The van der Waals surface area contributed by atoms with E-state index in [1.807, 2.05) is 13.8 Å². The molecule has 136 valence electrons. The number of aliphatic hydroxyl groups excluding tert-OH is 1. The number of ether oxygens (including phenoxy) is 1. The van der Waals surface area contributed by atoms with E-state index in [2.05, 4.69) is 13.8 Å². The molecule has 2 fully saturated rings. The van der Waals surface area contributed by atoms with Crippen LogP contribution in [0.25, 0.3) is 0 Å². The van der Waals surface area contributed by atoms with Gasteiger partial charge < -0.3 is 20.1 Å². The first kappa shape index (κ1) is 16.7. The Balaban J connectivity index is 2.06. The second-order valence-corrected chi connectivity index (χ2v) is 8.89. The maximum atomic E-state index is 13.0. The van der Waals surface area contributed by atoms with Gasteiger partial charge in [-0.05, 0) is 30.2 Å². The minimum absolute atomic E-state index is 0.000547. The Morgan fingerprint density at radius 2 is 1.88 bits per heavy atom. The first-order valence-electron chi connectivity index (χ1n) is 9.11. The molecule has 5 nitrogen and oxygen atoms in total. The van der Waals surface area contributed by atoms with Crippen molar-refractivity contribution in [1.29, 1.82) is 0 Å². The molecule has 0 amide bonds. The predicted octanol–water partition coefficient (Wildman–Crippen LogP) is 3.26. The Morgan fingerprint density at radius 3 is 2.52 bits per heavy atom. The van der Waals surface area contributed by atoms with Gasteiger partial charge in [0.15, 0.2) is 17.6 Å². The molecule has 5 rings (SSSR count). The summed E-state index contributed by atoms with van der Waals surface area (Å²) in [5.41, 5.74) is 0.405. The number of aliphatic hydroxyl groups is 1. The third kappa shape index (κ3) is 1.85. The fourth-order valence-corrected chi connectivity index (χ4v) is 5.71. The zero-order chi connectivity index (χ0) is 18.3. The maximum Gasteiger partial charge on any atom is 0.317 e. The summed E-state index contributed by atoms with van der Waals surface area (Å²) in [6, 6.07) is 1.80. The number of benzene rings is 1. The molecule has 2 aliphatic carbocycles. The van der Waals surface area contributed by atoms with Crippen LogP contribution < -0.4 is 0 Å². The van der Waals surface area contributed by atoms with E-state index in [9.17, 15) is 20.1 Å². The highest BCUT2D eigenvalue weighted by Gasteiger charge is 2.68. The normalized spacial score (nSPS) is 35.3. The van der Waals surface area contributed by atoms with Crippen molar-refractivity contribution >= 4 is 5.97 Å². The summed E-state index contributed by atoms with van der Waals surface area (Å²) in [7, 11) is 0. The number of carbonyl (C=O) groups excluding carboxylic acids is 1. The van der Waals surface area contributed by atoms with E-state index in [0.717, 1.165) is 12.8 Å². The molecular weight excluding hydrogens is 320 g/mol. The summed E-state index contributed by atoms with van der Waals surface area (Å²) in [4.78, 5) is 13.0. The highest BCUT2D eigenvalue weighted by atomic mass is 16.6. The number of phenols is 2. The molecule has 2 aliphatic heterocycles. The van der Waals surface area contributed by atoms with E-state index in [1.54, 1.807) is 6.07 Å². The quantitative estimate of drug-likeness (QED) is 0.537. The zero-order valence-electron chi connectivity index (χ0n) is 15.2. The van der Waals surface area contributed by atoms with Gasteiger partial charge in [0.1, 0.15) is 5.41 Å². The van der Waals surface area contributed by atoms with E-state index < -0.39 is 17.6 Å². The molecule has 2 heterocycles. The fraction of sp³-hybridized carbons (Fsp3) is 0.650. The highest BCUT2D eigenvalue weighted by molar-refractivity contribution is 5.90. The van der Waals surface area contributed by atoms with Crippen LogP contribution in [-0.2, 0) is 14.9 Å². The number of hydrogen-bond acceptors (Lipinski definition) is 5. The van der Waals surface area contributed by atoms with Gasteiger partial charge in [0, 0.05) is 22.6 Å². The number of aromatic hydroxyl groups is 2. The van der Waals surface area contributed by atoms with E-state index >= 15 is 0 Å². The zero-order valence-corrected chi connectivity index (χ0v) is 15.2. The van der Waals surface area contributed by atoms with Crippen LogP contribution in [0, 0.1) is 11.3 Å². The lowest BCUT2D eigenvalue weighted by atomic mass is 9.46. The summed E-state index contributed by atoms with van der Waals surface area (Å²) < 4.78 is 5.63. The SMILES string of the molecule is CC(C)c1cc2c(c(O)c1O)[C@@]13CCCC(C)(C)[C@@H]1[C@H](O)[C@@H]2OC3=O. The van der Waals surface area contributed by atoms with Gasteiger partial charge in [0.2, 0.25) is 0 Å². The lowest BCUT2D eigenvalue weighted by molar-refractivity contribution is -0.213. The minimum atomic E-state index is -1.08. The van der Waals surface area contributed by atoms with Gasteiger partial charge in [-0.3, -0.25) is 4.79 Å². The van der Waals surface area contributed by atoms with Crippen LogP contribution in [0.2, 0.25) is 0 Å². The summed E-state index contributed by atoms with van der Waals surface area (Å²) in [5.74, 6) is -1.07. The molecule has 0 unspecified atom stereocenters. The van der Waals surface area contributed by atoms with Gasteiger partial charge in [0.05, 0.1) is 6.10 Å². The summed E-state index contributed by atoms with van der Waals surface area (Å²) >= 11 is 0. The van der Waals surface area contributed by atoms with Crippen LogP contribution in [0.4, 0.5) is 0 Å². The molecule has 4 atom stereocenters. The van der Waals surface area contributed by atoms with Gasteiger partial charge in [-0.25, -0.2) is 0 Å². The smallest absolute Gasteiger partial charge is 0.317 e. The average Bonchev–Trinajstić information content (AvgIpc) is 2.51. The Bertz CT molecular complexity index is 766. The molecule has 3 N–H and O–H groups in total. The van der Waals surface area contributed by atoms with Crippen molar-refractivity contribution in [3.63, 3.8) is 0 Å². The predicted molar refractivity (Wildman–Crippen MR) is 91.5 cm³/mol. The molecule has 5 heteroatoms. The number of phenolic OH excluding ortho intramolecular Hbond substituents is 2. The number of hydrogen-bond donors (Lipinski definition) is 3. The molecule has 1 aromatic carbocycles. The Kier molecular flexibility index (Phi) is 3.28. The second-order valence-electron chi connectivity index (χ2n) is 8.89. The van der Waals surface area contributed by atoms with Crippen molar-refractivity contribution in [3.05, 3.63) is 22.8 Å². The summed E-state index contributed by atoms with van der Waals surface area (Å²) in [6.45, 7) is 7.98. The Hall–Kier alpha value is -1.75. The fourth-order valence-electron chi connectivity index (χ4n) is 5.71. The van der Waals surface area contributed by atoms with Crippen molar-refractivity contribution in [1.82, 2.24) is 0 Å². The van der Waals surface area contributed by atoms with Crippen molar-refractivity contribution in [2.45, 2.75) is 70.5 Å². The first-order valence-corrected chi connectivity index (χ1v) is 9.11. The molecule has 0 radical (unpaired) electrons. The molecule has 2 bridgehead atoms. The number of esters is 1. The molecule has 4 aliphatic rings. The van der Waals surface area contributed by atoms with Gasteiger partial charge in [-0.15, -0.1) is 0 Å². The molecular formula is C20H26O5. The summed E-state index contributed by atoms with van der Waals surface area (Å²) in [5, 5.41) is 32.5. The van der Waals surface area contributed by atoms with Crippen LogP contribution in [0.3, 0.4) is 0 Å². The molecule has 1 aromatic rings. The highest BCUT2D eigenvalue weighted by Crippen LogP contribution is 2.66. The van der Waals surface area contributed by atoms with Crippen molar-refractivity contribution in [2.24, 2.45) is 11.3 Å². The largest absolute Gasteiger partial charge is 0.504 e. The van der Waals surface area contributed by atoms with E-state index in [-0.39, 0.29) is 34.7 Å². The average molecular weight is 346 g/mol. The molecule has 25 heavy (non-hydrogen) atoms. The van der Waals surface area contributed by atoms with Crippen LogP contribution in [0.5, 0.6) is 11.5 Å². The summed E-state index contributed by atoms with van der Waals surface area (Å²) in [6.07, 6.45) is 0.648. The molecule has 1 saturated heterocycles. The van der Waals surface area contributed by atoms with Crippen LogP contribution in [0.15, 0.2) is 6.07 Å². The minimum Gasteiger partial charge on any atom is -0.504 e. The Labute approximate surface area is 147 Å². The standard InChI is InChI=1S/C20H26O5/c1-9(2)10-8-11-12(14(22)13(10)21)20-7-5-6-19(3,4)17(20)15(23)16(11)25-18(20)24/h8-9,15-17,21-23H,5-7H2,1-4H3/t15-,16-,17+,20+/m1/s1. The molecule has 0 aromatic heterocycles. The van der Waals surface area contributed by atoms with E-state index in [4.69, 9.17) is 4.74 Å². The van der Waals surface area contributed by atoms with E-state index in [0.29, 0.717) is 23.1 Å². The van der Waals surface area contributed by atoms with Gasteiger partial charge in [-0.2, -0.15) is 0 Å². The van der Waals surface area contributed by atoms with Gasteiger partial charge in [0.25, 0.3) is 0 Å². The number of rotatable bonds is 1. The maximum absolute atomic E-state index is 13.0. The van der Waals surface area contributed by atoms with Crippen LogP contribution >= 0.6 is 0 Å². The Morgan fingerprint density at radius 1 is 1.20 bits per heavy atom. The lowest BCUT2D eigenvalue weighted by Crippen LogP contribution is -2.65. The second kappa shape index (κ2) is 4.91. The lowest BCUT2D eigenvalue weighted by Gasteiger charge is -2.60. The van der Waals surface area contributed by atoms with Crippen LogP contribution in [-0.4, -0.2) is 27.4 Å². The van der Waals surface area contributed by atoms with Crippen molar-refractivity contribution in [2.75, 3.05) is 0 Å². The van der Waals surface area contributed by atoms with E-state index in [1.165, 1.54) is 0 Å².